The fourth-order valence-electron chi connectivity index (χ4n) is 1.61. The van der Waals surface area contributed by atoms with Crippen molar-refractivity contribution in [2.24, 2.45) is 0 Å². The van der Waals surface area contributed by atoms with Gasteiger partial charge >= 0.3 is 0 Å². The van der Waals surface area contributed by atoms with E-state index in [2.05, 4.69) is 10.8 Å². The maximum Gasteiger partial charge on any atom is 0.229 e. The van der Waals surface area contributed by atoms with Gasteiger partial charge in [-0.15, -0.1) is 0 Å². The minimum Gasteiger partial charge on any atom is -0.507 e. The smallest absolute Gasteiger partial charge is 0.229 e. The summed E-state index contributed by atoms with van der Waals surface area (Å²) < 4.78 is 24.7. The normalized spacial score (nSPS) is 11.2. The van der Waals surface area contributed by atoms with Gasteiger partial charge < -0.3 is 5.11 Å². The molecule has 0 aliphatic carbocycles. The average molecular weight is 262 g/mol. The summed E-state index contributed by atoms with van der Waals surface area (Å²) >= 11 is 0. The van der Waals surface area contributed by atoms with Crippen LogP contribution in [0.5, 0.6) is 5.75 Å². The molecular weight excluding hydrogens is 250 g/mol. The minimum absolute atomic E-state index is 0.106. The fraction of sp³-hybridized carbons (Fsp3) is 0.0769. The summed E-state index contributed by atoms with van der Waals surface area (Å²) in [6, 6.07) is 14.6. The molecule has 2 N–H and O–H groups in total. The molecule has 0 atom stereocenters. The average Bonchev–Trinajstić information content (AvgIpc) is 2.27. The second kappa shape index (κ2) is 4.70. The predicted octanol–water partition coefficient (Wildman–Crippen LogP) is 2.23. The molecule has 0 aromatic heterocycles. The van der Waals surface area contributed by atoms with Gasteiger partial charge in [-0.3, -0.25) is 4.72 Å². The lowest BCUT2D eigenvalue weighted by atomic mass is 10.0. The van der Waals surface area contributed by atoms with E-state index in [1.165, 1.54) is 0 Å². The third-order valence-corrected chi connectivity index (χ3v) is 2.90. The highest BCUT2D eigenvalue weighted by Gasteiger charge is 2.06. The molecule has 0 saturated heterocycles. The standard InChI is InChI=1S/C13H12NO3S/c1-18(16,17)14-11-6-4-5-10(9-11)12-7-2-3-8-13(12)15/h2-6,8-9,14-15H,1H3. The van der Waals surface area contributed by atoms with Gasteiger partial charge in [0.25, 0.3) is 0 Å². The predicted molar refractivity (Wildman–Crippen MR) is 70.8 cm³/mol. The van der Waals surface area contributed by atoms with Crippen molar-refractivity contribution in [1.82, 2.24) is 0 Å². The quantitative estimate of drug-likeness (QED) is 0.891. The van der Waals surface area contributed by atoms with Gasteiger partial charge in [0.05, 0.1) is 6.26 Å². The summed E-state index contributed by atoms with van der Waals surface area (Å²) in [5.41, 5.74) is 1.68. The molecular formula is C13H12NO3S. The van der Waals surface area contributed by atoms with E-state index in [-0.39, 0.29) is 5.75 Å². The number of phenolic OH excluding ortho intramolecular Hbond substituents is 1. The van der Waals surface area contributed by atoms with E-state index >= 15 is 0 Å². The van der Waals surface area contributed by atoms with Crippen molar-refractivity contribution in [2.45, 2.75) is 0 Å². The molecule has 2 aromatic rings. The van der Waals surface area contributed by atoms with Crippen molar-refractivity contribution < 1.29 is 13.5 Å². The third-order valence-electron chi connectivity index (χ3n) is 2.29. The molecule has 5 heteroatoms. The van der Waals surface area contributed by atoms with Crippen molar-refractivity contribution in [2.75, 3.05) is 11.0 Å². The van der Waals surface area contributed by atoms with Crippen LogP contribution in [0.1, 0.15) is 0 Å². The zero-order valence-electron chi connectivity index (χ0n) is 9.71. The van der Waals surface area contributed by atoms with Gasteiger partial charge in [-0.05, 0) is 29.8 Å². The van der Waals surface area contributed by atoms with Gasteiger partial charge in [0.15, 0.2) is 0 Å². The highest BCUT2D eigenvalue weighted by molar-refractivity contribution is 7.92. The van der Waals surface area contributed by atoms with Gasteiger partial charge in [0, 0.05) is 11.3 Å². The first-order valence-corrected chi connectivity index (χ1v) is 7.13. The van der Waals surface area contributed by atoms with Gasteiger partial charge in [-0.1, -0.05) is 24.3 Å². The number of benzene rings is 2. The molecule has 0 heterocycles. The lowest BCUT2D eigenvalue weighted by Gasteiger charge is -2.07. The highest BCUT2D eigenvalue weighted by Crippen LogP contribution is 2.29. The first-order valence-electron chi connectivity index (χ1n) is 5.23. The van der Waals surface area contributed by atoms with Crippen LogP contribution in [-0.4, -0.2) is 19.8 Å². The van der Waals surface area contributed by atoms with Gasteiger partial charge in [0.1, 0.15) is 5.75 Å². The molecule has 0 bridgehead atoms. The van der Waals surface area contributed by atoms with E-state index in [4.69, 9.17) is 0 Å². The van der Waals surface area contributed by atoms with Crippen LogP contribution in [0.2, 0.25) is 0 Å². The Hall–Kier alpha value is -2.01. The summed E-state index contributed by atoms with van der Waals surface area (Å²) in [5, 5.41) is 9.72. The Labute approximate surface area is 106 Å². The molecule has 18 heavy (non-hydrogen) atoms. The van der Waals surface area contributed by atoms with Crippen molar-refractivity contribution in [3.63, 3.8) is 0 Å². The van der Waals surface area contributed by atoms with E-state index < -0.39 is 10.0 Å². The molecule has 2 aromatic carbocycles. The molecule has 0 spiro atoms. The molecule has 0 aliphatic rings. The molecule has 93 valence electrons. The Bertz CT molecular complexity index is 665. The Balaban J connectivity index is 2.42. The number of hydrogen-bond donors (Lipinski definition) is 2. The number of anilines is 1. The number of nitrogens with one attached hydrogen (secondary N) is 1. The number of sulfonamides is 1. The van der Waals surface area contributed by atoms with Crippen molar-refractivity contribution in [1.29, 1.82) is 0 Å². The largest absolute Gasteiger partial charge is 0.507 e. The Morgan fingerprint density at radius 3 is 2.67 bits per heavy atom. The van der Waals surface area contributed by atoms with Crippen LogP contribution in [-0.2, 0) is 10.0 Å². The Morgan fingerprint density at radius 1 is 1.22 bits per heavy atom. The van der Waals surface area contributed by atoms with Crippen LogP contribution in [0.15, 0.2) is 42.5 Å². The number of aromatic hydroxyl groups is 1. The van der Waals surface area contributed by atoms with Gasteiger partial charge in [0.2, 0.25) is 10.0 Å². The zero-order valence-corrected chi connectivity index (χ0v) is 10.5. The molecule has 1 radical (unpaired) electrons. The summed E-state index contributed by atoms with van der Waals surface area (Å²) in [6.07, 6.45) is 1.09. The maximum absolute atomic E-state index is 11.1. The van der Waals surface area contributed by atoms with Crippen LogP contribution < -0.4 is 4.72 Å². The molecule has 0 aliphatic heterocycles. The SMILES string of the molecule is CS(=O)(=O)Nc1cccc(-c2[c]cccc2O)c1. The fourth-order valence-corrected chi connectivity index (χ4v) is 2.17. The molecule has 0 unspecified atom stereocenters. The third kappa shape index (κ3) is 3.01. The number of rotatable bonds is 3. The van der Waals surface area contributed by atoms with Crippen LogP contribution in [0, 0.1) is 6.07 Å². The first-order chi connectivity index (χ1) is 8.46. The summed E-state index contributed by atoms with van der Waals surface area (Å²) in [5.74, 6) is 0.106. The van der Waals surface area contributed by atoms with Crippen molar-refractivity contribution >= 4 is 15.7 Å². The highest BCUT2D eigenvalue weighted by atomic mass is 32.2. The van der Waals surface area contributed by atoms with Crippen LogP contribution in [0.3, 0.4) is 0 Å². The molecule has 0 amide bonds. The Morgan fingerprint density at radius 2 is 2.00 bits per heavy atom. The van der Waals surface area contributed by atoms with E-state index in [9.17, 15) is 13.5 Å². The van der Waals surface area contributed by atoms with E-state index in [0.29, 0.717) is 16.8 Å². The second-order valence-electron chi connectivity index (χ2n) is 3.89. The second-order valence-corrected chi connectivity index (χ2v) is 5.63. The van der Waals surface area contributed by atoms with Gasteiger partial charge in [-0.25, -0.2) is 8.42 Å². The van der Waals surface area contributed by atoms with Crippen molar-refractivity contribution in [3.8, 4) is 16.9 Å². The lowest BCUT2D eigenvalue weighted by molar-refractivity contribution is 0.477. The first kappa shape index (κ1) is 12.4. The van der Waals surface area contributed by atoms with E-state index in [0.717, 1.165) is 6.26 Å². The number of phenols is 1. The summed E-state index contributed by atoms with van der Waals surface area (Å²) in [7, 11) is -3.31. The van der Waals surface area contributed by atoms with Gasteiger partial charge in [-0.2, -0.15) is 0 Å². The van der Waals surface area contributed by atoms with Crippen LogP contribution in [0.25, 0.3) is 11.1 Å². The van der Waals surface area contributed by atoms with Crippen LogP contribution >= 0.6 is 0 Å². The monoisotopic (exact) mass is 262 g/mol. The topological polar surface area (TPSA) is 66.4 Å². The Kier molecular flexibility index (Phi) is 3.25. The van der Waals surface area contributed by atoms with Crippen LogP contribution in [0.4, 0.5) is 5.69 Å². The molecule has 2 rings (SSSR count). The maximum atomic E-state index is 11.1. The van der Waals surface area contributed by atoms with Crippen molar-refractivity contribution in [3.05, 3.63) is 48.5 Å². The zero-order chi connectivity index (χ0) is 13.2. The summed E-state index contributed by atoms with van der Waals surface area (Å²) in [6.45, 7) is 0. The minimum atomic E-state index is -3.31. The molecule has 0 fully saturated rings. The van der Waals surface area contributed by atoms with E-state index in [1.807, 2.05) is 0 Å². The lowest BCUT2D eigenvalue weighted by Crippen LogP contribution is -2.09. The van der Waals surface area contributed by atoms with E-state index in [1.54, 1.807) is 42.5 Å². The molecule has 0 saturated carbocycles. The molecule has 4 nitrogen and oxygen atoms in total. The number of hydrogen-bond acceptors (Lipinski definition) is 3. The summed E-state index contributed by atoms with van der Waals surface area (Å²) in [4.78, 5) is 0.